The maximum absolute atomic E-state index is 11.9. The summed E-state index contributed by atoms with van der Waals surface area (Å²) >= 11 is 0. The van der Waals surface area contributed by atoms with E-state index in [1.807, 2.05) is 0 Å². The zero-order valence-electron chi connectivity index (χ0n) is 12.6. The van der Waals surface area contributed by atoms with Crippen LogP contribution in [0.1, 0.15) is 38.5 Å². The van der Waals surface area contributed by atoms with Gasteiger partial charge in [0.15, 0.2) is 0 Å². The number of hydrogen-bond donors (Lipinski definition) is 5. The summed E-state index contributed by atoms with van der Waals surface area (Å²) in [5.41, 5.74) is 21.6. The van der Waals surface area contributed by atoms with Crippen LogP contribution in [0.4, 0.5) is 0 Å². The van der Waals surface area contributed by atoms with Crippen LogP contribution in [0.15, 0.2) is 5.22 Å². The Morgan fingerprint density at radius 3 is 2.50 bits per heavy atom. The Labute approximate surface area is 129 Å². The van der Waals surface area contributed by atoms with Gasteiger partial charge >= 0.3 is 5.97 Å². The molecule has 0 aromatic rings. The van der Waals surface area contributed by atoms with Gasteiger partial charge in [0.1, 0.15) is 6.04 Å². The Kier molecular flexibility index (Phi) is 11.5. The third-order valence-electron chi connectivity index (χ3n) is 3.07. The summed E-state index contributed by atoms with van der Waals surface area (Å²) in [6.45, 7) is 0.985. The van der Waals surface area contributed by atoms with Gasteiger partial charge in [-0.15, -0.1) is 5.53 Å². The zero-order chi connectivity index (χ0) is 16.8. The number of carboxylic acids is 1. The van der Waals surface area contributed by atoms with Crippen LogP contribution in [0.2, 0.25) is 0 Å². The van der Waals surface area contributed by atoms with Crippen molar-refractivity contribution in [3.8, 4) is 0 Å². The number of carboxylic acid groups (broad SMARTS) is 1. The SMILES string of the molecule is [N-]=[N+]=NNCCCC[C@H](N)C(=O)N[C@@H](CCCCN)C(=O)O. The highest BCUT2D eigenvalue weighted by Crippen LogP contribution is 2.03. The summed E-state index contributed by atoms with van der Waals surface area (Å²) in [6, 6.07) is -1.69. The van der Waals surface area contributed by atoms with Gasteiger partial charge in [0.25, 0.3) is 0 Å². The van der Waals surface area contributed by atoms with Gasteiger partial charge in [-0.05, 0) is 50.3 Å². The minimum Gasteiger partial charge on any atom is -0.480 e. The number of hydrogen-bond acceptors (Lipinski definition) is 5. The lowest BCUT2D eigenvalue weighted by Crippen LogP contribution is -2.48. The van der Waals surface area contributed by atoms with Gasteiger partial charge in [0.2, 0.25) is 5.91 Å². The van der Waals surface area contributed by atoms with Crippen molar-refractivity contribution in [1.82, 2.24) is 10.7 Å². The van der Waals surface area contributed by atoms with Crippen molar-refractivity contribution in [3.63, 3.8) is 0 Å². The summed E-state index contributed by atoms with van der Waals surface area (Å²) in [7, 11) is 0. The molecule has 0 bridgehead atoms. The number of carbonyl (C=O) groups is 2. The summed E-state index contributed by atoms with van der Waals surface area (Å²) in [5, 5.41) is 14.7. The van der Waals surface area contributed by atoms with Gasteiger partial charge < -0.3 is 21.9 Å². The smallest absolute Gasteiger partial charge is 0.326 e. The fraction of sp³-hybridized carbons (Fsp3) is 0.833. The van der Waals surface area contributed by atoms with E-state index >= 15 is 0 Å². The number of unbranched alkanes of at least 4 members (excludes halogenated alkanes) is 2. The van der Waals surface area contributed by atoms with Crippen LogP contribution in [0, 0.1) is 0 Å². The first-order valence-electron chi connectivity index (χ1n) is 7.28. The molecule has 0 aliphatic heterocycles. The van der Waals surface area contributed by atoms with E-state index in [0.717, 1.165) is 0 Å². The van der Waals surface area contributed by atoms with E-state index in [1.54, 1.807) is 0 Å². The van der Waals surface area contributed by atoms with E-state index in [0.29, 0.717) is 51.6 Å². The van der Waals surface area contributed by atoms with E-state index in [9.17, 15) is 9.59 Å². The zero-order valence-corrected chi connectivity index (χ0v) is 12.6. The predicted molar refractivity (Wildman–Crippen MR) is 81.4 cm³/mol. The molecule has 1 amide bonds. The molecule has 0 aliphatic rings. The van der Waals surface area contributed by atoms with Gasteiger partial charge in [0.05, 0.1) is 12.6 Å². The number of nitrogens with one attached hydrogen (secondary N) is 2. The van der Waals surface area contributed by atoms with Crippen LogP contribution in [0.3, 0.4) is 0 Å². The molecule has 126 valence electrons. The molecule has 22 heavy (non-hydrogen) atoms. The predicted octanol–water partition coefficient (Wildman–Crippen LogP) is -0.00270. The van der Waals surface area contributed by atoms with Crippen molar-refractivity contribution in [3.05, 3.63) is 10.4 Å². The van der Waals surface area contributed by atoms with E-state index in [-0.39, 0.29) is 0 Å². The molecular formula is C12H25N7O3. The van der Waals surface area contributed by atoms with E-state index < -0.39 is 24.0 Å². The van der Waals surface area contributed by atoms with Gasteiger partial charge in [-0.1, -0.05) is 0 Å². The van der Waals surface area contributed by atoms with Crippen molar-refractivity contribution in [1.29, 1.82) is 0 Å². The number of azide groups is 1. The first-order valence-corrected chi connectivity index (χ1v) is 7.28. The summed E-state index contributed by atoms with van der Waals surface area (Å²) < 4.78 is 0. The molecule has 0 radical (unpaired) electrons. The van der Waals surface area contributed by atoms with E-state index in [2.05, 4.69) is 20.9 Å². The van der Waals surface area contributed by atoms with Gasteiger partial charge in [0, 0.05) is 0 Å². The molecule has 2 atom stereocenters. The monoisotopic (exact) mass is 315 g/mol. The number of carbonyl (C=O) groups excluding carboxylic acids is 1. The van der Waals surface area contributed by atoms with Crippen molar-refractivity contribution in [2.24, 2.45) is 16.7 Å². The number of aliphatic carboxylic acids is 1. The van der Waals surface area contributed by atoms with E-state index in [1.165, 1.54) is 0 Å². The van der Waals surface area contributed by atoms with Gasteiger partial charge in [-0.2, -0.15) is 4.91 Å². The molecule has 0 aliphatic carbocycles. The average Bonchev–Trinajstić information content (AvgIpc) is 2.49. The summed E-state index contributed by atoms with van der Waals surface area (Å²) in [5.74, 6) is -1.54. The topological polar surface area (TPSA) is 179 Å². The Morgan fingerprint density at radius 1 is 1.23 bits per heavy atom. The average molecular weight is 315 g/mol. The first-order chi connectivity index (χ1) is 10.5. The van der Waals surface area contributed by atoms with Gasteiger partial charge in [-0.25, -0.2) is 4.79 Å². The summed E-state index contributed by atoms with van der Waals surface area (Å²) in [4.78, 5) is 25.5. The van der Waals surface area contributed by atoms with E-state index in [4.69, 9.17) is 22.1 Å². The molecular weight excluding hydrogens is 290 g/mol. The minimum atomic E-state index is -1.07. The molecule has 10 nitrogen and oxygen atoms in total. The first kappa shape index (κ1) is 20.0. The van der Waals surface area contributed by atoms with Crippen molar-refractivity contribution < 1.29 is 14.7 Å². The molecule has 0 heterocycles. The van der Waals surface area contributed by atoms with Crippen LogP contribution >= 0.6 is 0 Å². The van der Waals surface area contributed by atoms with Crippen molar-refractivity contribution in [2.45, 2.75) is 50.6 Å². The second-order valence-electron chi connectivity index (χ2n) is 4.88. The third kappa shape index (κ3) is 9.81. The minimum absolute atomic E-state index is 0.334. The van der Waals surface area contributed by atoms with Crippen LogP contribution in [0.5, 0.6) is 0 Å². The van der Waals surface area contributed by atoms with Crippen molar-refractivity contribution >= 4 is 11.9 Å². The van der Waals surface area contributed by atoms with Crippen molar-refractivity contribution in [2.75, 3.05) is 13.1 Å². The molecule has 7 N–H and O–H groups in total. The van der Waals surface area contributed by atoms with Crippen LogP contribution in [-0.2, 0) is 9.59 Å². The molecule has 0 saturated heterocycles. The molecule has 0 rings (SSSR count). The Bertz CT molecular complexity index is 385. The number of nitrogens with two attached hydrogens (primary N) is 2. The highest BCUT2D eigenvalue weighted by atomic mass is 16.4. The lowest BCUT2D eigenvalue weighted by atomic mass is 10.1. The largest absolute Gasteiger partial charge is 0.480 e. The summed E-state index contributed by atoms with van der Waals surface area (Å²) in [6.07, 6.45) is 3.46. The lowest BCUT2D eigenvalue weighted by Gasteiger charge is -2.17. The Hall–Kier alpha value is -2.03. The molecule has 0 saturated carbocycles. The molecule has 0 aromatic heterocycles. The number of nitrogens with zero attached hydrogens (tertiary/aromatic N) is 3. The highest BCUT2D eigenvalue weighted by molar-refractivity contribution is 5.86. The number of rotatable bonds is 13. The molecule has 0 unspecified atom stereocenters. The van der Waals surface area contributed by atoms with Crippen LogP contribution in [-0.4, -0.2) is 42.2 Å². The molecule has 0 spiro atoms. The quantitative estimate of drug-likeness (QED) is 0.105. The second kappa shape index (κ2) is 12.7. The Morgan fingerprint density at radius 2 is 1.91 bits per heavy atom. The number of amides is 1. The second-order valence-corrected chi connectivity index (χ2v) is 4.88. The molecule has 0 aromatic carbocycles. The Balaban J connectivity index is 4.03. The maximum atomic E-state index is 11.9. The fourth-order valence-electron chi connectivity index (χ4n) is 1.81. The molecule has 0 fully saturated rings. The lowest BCUT2D eigenvalue weighted by molar-refractivity contribution is -0.142. The normalized spacial score (nSPS) is 12.8. The van der Waals surface area contributed by atoms with Crippen LogP contribution in [0.25, 0.3) is 10.4 Å². The molecule has 10 heteroatoms. The third-order valence-corrected chi connectivity index (χ3v) is 3.07. The fourth-order valence-corrected chi connectivity index (χ4v) is 1.81. The van der Waals surface area contributed by atoms with Gasteiger partial charge in [-0.3, -0.25) is 10.2 Å². The van der Waals surface area contributed by atoms with Crippen LogP contribution < -0.4 is 22.2 Å². The standard InChI is InChI=1S/C12H25N7O3/c13-7-3-1-6-10(12(21)22)17-11(20)9(14)5-2-4-8-16-19-18-15/h9-10,16H,1-8,13-14H2,(H,17,20)(H,21,22)/t9-,10-/m0/s1. The highest BCUT2D eigenvalue weighted by Gasteiger charge is 2.22. The maximum Gasteiger partial charge on any atom is 0.326 e.